The third-order valence-electron chi connectivity index (χ3n) is 4.52. The van der Waals surface area contributed by atoms with Gasteiger partial charge in [-0.25, -0.2) is 14.5 Å². The minimum atomic E-state index is -1.88. The Hall–Kier alpha value is -3.44. The molecule has 0 amide bonds. The van der Waals surface area contributed by atoms with Crippen LogP contribution in [0.15, 0.2) is 64.8 Å². The first-order valence-electron chi connectivity index (χ1n) is 8.94. The number of thiophene rings is 1. The molecule has 4 rings (SSSR count). The van der Waals surface area contributed by atoms with Crippen molar-refractivity contribution in [2.24, 2.45) is 5.73 Å². The highest BCUT2D eigenvalue weighted by atomic mass is 32.1. The predicted octanol–water partition coefficient (Wildman–Crippen LogP) is 2.72. The zero-order chi connectivity index (χ0) is 21.1. The van der Waals surface area contributed by atoms with E-state index in [4.69, 9.17) is 5.73 Å². The number of nitrogens with zero attached hydrogens (tertiary/aromatic N) is 5. The van der Waals surface area contributed by atoms with Crippen molar-refractivity contribution in [2.45, 2.75) is 13.1 Å². The van der Waals surface area contributed by atoms with Crippen molar-refractivity contribution in [1.82, 2.24) is 29.5 Å². The lowest BCUT2D eigenvalue weighted by Gasteiger charge is -2.02. The maximum atomic E-state index is 12.8. The molecule has 3 aromatic heterocycles. The molecule has 154 valence electrons. The second-order valence-corrected chi connectivity index (χ2v) is 7.48. The van der Waals surface area contributed by atoms with Crippen molar-refractivity contribution in [3.8, 4) is 22.5 Å². The highest BCUT2D eigenvalue weighted by Crippen LogP contribution is 2.28. The van der Waals surface area contributed by atoms with Gasteiger partial charge in [0.2, 0.25) is 0 Å². The summed E-state index contributed by atoms with van der Waals surface area (Å²) in [6, 6.07) is 9.85. The molecule has 3 heterocycles. The lowest BCUT2D eigenvalue weighted by molar-refractivity contribution is 0.400. The maximum absolute atomic E-state index is 12.8. The summed E-state index contributed by atoms with van der Waals surface area (Å²) in [4.78, 5) is 17.5. The first kappa shape index (κ1) is 19.9. The van der Waals surface area contributed by atoms with Gasteiger partial charge in [-0.1, -0.05) is 18.2 Å². The number of H-pyrrole nitrogens is 1. The third kappa shape index (κ3) is 4.11. The van der Waals surface area contributed by atoms with Crippen molar-refractivity contribution in [1.29, 1.82) is 0 Å². The number of hydrogen-bond donors (Lipinski definition) is 2. The summed E-state index contributed by atoms with van der Waals surface area (Å²) in [6.07, 6.45) is 0.919. The van der Waals surface area contributed by atoms with Gasteiger partial charge in [-0.2, -0.15) is 19.0 Å². The maximum Gasteiger partial charge on any atom is 0.346 e. The van der Waals surface area contributed by atoms with Gasteiger partial charge < -0.3 is 5.73 Å². The van der Waals surface area contributed by atoms with Gasteiger partial charge in [-0.05, 0) is 28.6 Å². The van der Waals surface area contributed by atoms with Crippen LogP contribution in [0, 0.1) is 0 Å². The Bertz CT molecular complexity index is 1240. The number of benzene rings is 1. The van der Waals surface area contributed by atoms with E-state index in [-0.39, 0.29) is 18.7 Å². The summed E-state index contributed by atoms with van der Waals surface area (Å²) < 4.78 is 28.0. The van der Waals surface area contributed by atoms with Crippen molar-refractivity contribution in [2.75, 3.05) is 6.54 Å². The SMILES string of the molecule is NCC(Cn1ncn(Cc2cc(-c3cccc(-c4ncn[nH]4)c3)cs2)c1=O)=C(F)F. The summed E-state index contributed by atoms with van der Waals surface area (Å²) in [7, 11) is 0. The molecule has 1 aromatic carbocycles. The quantitative estimate of drug-likeness (QED) is 0.470. The highest BCUT2D eigenvalue weighted by Gasteiger charge is 2.12. The average Bonchev–Trinajstić information content (AvgIpc) is 3.50. The number of rotatable bonds is 7. The fourth-order valence-electron chi connectivity index (χ4n) is 2.94. The largest absolute Gasteiger partial charge is 0.346 e. The monoisotopic (exact) mass is 429 g/mol. The molecular weight excluding hydrogens is 412 g/mol. The number of nitrogens with one attached hydrogen (secondary N) is 1. The van der Waals surface area contributed by atoms with E-state index in [2.05, 4.69) is 20.3 Å². The van der Waals surface area contributed by atoms with Crippen LogP contribution in [0.1, 0.15) is 4.88 Å². The highest BCUT2D eigenvalue weighted by molar-refractivity contribution is 7.10. The molecule has 0 aliphatic carbocycles. The van der Waals surface area contributed by atoms with E-state index in [0.29, 0.717) is 12.4 Å². The van der Waals surface area contributed by atoms with Crippen molar-refractivity contribution >= 4 is 11.3 Å². The molecule has 4 aromatic rings. The average molecular weight is 429 g/mol. The van der Waals surface area contributed by atoms with E-state index in [1.165, 1.54) is 28.6 Å². The summed E-state index contributed by atoms with van der Waals surface area (Å²) in [6.45, 7) is -0.358. The second-order valence-electron chi connectivity index (χ2n) is 6.48. The van der Waals surface area contributed by atoms with Crippen LogP contribution in [0.4, 0.5) is 8.78 Å². The Morgan fingerprint density at radius 2 is 2.03 bits per heavy atom. The van der Waals surface area contributed by atoms with Crippen LogP contribution in [0.25, 0.3) is 22.5 Å². The molecule has 0 radical (unpaired) electrons. The lowest BCUT2D eigenvalue weighted by Crippen LogP contribution is -2.27. The van der Waals surface area contributed by atoms with Gasteiger partial charge in [0.1, 0.15) is 12.7 Å². The van der Waals surface area contributed by atoms with Crippen LogP contribution in [0.5, 0.6) is 0 Å². The topological polar surface area (TPSA) is 107 Å². The second kappa shape index (κ2) is 8.51. The third-order valence-corrected chi connectivity index (χ3v) is 5.44. The van der Waals surface area contributed by atoms with Crippen molar-refractivity contribution in [3.05, 3.63) is 75.4 Å². The lowest BCUT2D eigenvalue weighted by atomic mass is 10.1. The minimum absolute atomic E-state index is 0.297. The molecule has 0 saturated heterocycles. The van der Waals surface area contributed by atoms with E-state index in [1.54, 1.807) is 0 Å². The molecule has 8 nitrogen and oxygen atoms in total. The first-order chi connectivity index (χ1) is 14.5. The first-order valence-corrected chi connectivity index (χ1v) is 9.82. The van der Waals surface area contributed by atoms with Gasteiger partial charge in [0.25, 0.3) is 6.08 Å². The number of nitrogens with two attached hydrogens (primary N) is 1. The number of aromatic amines is 1. The van der Waals surface area contributed by atoms with Crippen molar-refractivity contribution in [3.63, 3.8) is 0 Å². The molecule has 0 fully saturated rings. The molecule has 0 aliphatic heterocycles. The van der Waals surface area contributed by atoms with Crippen LogP contribution >= 0.6 is 11.3 Å². The zero-order valence-corrected chi connectivity index (χ0v) is 16.4. The number of hydrogen-bond acceptors (Lipinski definition) is 6. The Balaban J connectivity index is 1.53. The Kier molecular flexibility index (Phi) is 5.63. The zero-order valence-electron chi connectivity index (χ0n) is 15.6. The van der Waals surface area contributed by atoms with Gasteiger partial charge in [0.15, 0.2) is 5.82 Å². The van der Waals surface area contributed by atoms with Gasteiger partial charge in [0, 0.05) is 22.6 Å². The molecule has 0 atom stereocenters. The Morgan fingerprint density at radius 1 is 1.20 bits per heavy atom. The van der Waals surface area contributed by atoms with Crippen LogP contribution in [-0.4, -0.2) is 36.1 Å². The predicted molar refractivity (Wildman–Crippen MR) is 109 cm³/mol. The van der Waals surface area contributed by atoms with Gasteiger partial charge in [-0.15, -0.1) is 11.3 Å². The molecular formula is C19H17F2N7OS. The minimum Gasteiger partial charge on any atom is -0.327 e. The standard InChI is InChI=1S/C19H17F2N7OS/c20-17(21)15(6-22)7-28-19(29)27(11-25-28)8-16-5-14(9-30-16)12-2-1-3-13(4-12)18-23-10-24-26-18/h1-5,9-11H,6-8,22H2,(H,23,24,26). The number of aromatic nitrogens is 6. The molecule has 0 spiro atoms. The van der Waals surface area contributed by atoms with Gasteiger partial charge >= 0.3 is 5.69 Å². The number of halogens is 2. The summed E-state index contributed by atoms with van der Waals surface area (Å²) in [5.41, 5.74) is 7.45. The summed E-state index contributed by atoms with van der Waals surface area (Å²) >= 11 is 1.50. The normalized spacial score (nSPS) is 11.0. The summed E-state index contributed by atoms with van der Waals surface area (Å²) in [5.74, 6) is 0.682. The molecule has 0 aliphatic rings. The van der Waals surface area contributed by atoms with E-state index >= 15 is 0 Å². The van der Waals surface area contributed by atoms with Crippen LogP contribution < -0.4 is 11.4 Å². The van der Waals surface area contributed by atoms with E-state index < -0.39 is 11.8 Å². The van der Waals surface area contributed by atoms with Crippen molar-refractivity contribution < 1.29 is 8.78 Å². The fourth-order valence-corrected chi connectivity index (χ4v) is 3.84. The smallest absolute Gasteiger partial charge is 0.327 e. The molecule has 0 unspecified atom stereocenters. The van der Waals surface area contributed by atoms with Crippen LogP contribution in [0.3, 0.4) is 0 Å². The molecule has 30 heavy (non-hydrogen) atoms. The fraction of sp³-hybridized carbons (Fsp3) is 0.158. The van der Waals surface area contributed by atoms with Crippen LogP contribution in [-0.2, 0) is 13.1 Å². The Morgan fingerprint density at radius 3 is 2.77 bits per heavy atom. The molecule has 3 N–H and O–H groups in total. The van der Waals surface area contributed by atoms with Crippen LogP contribution in [0.2, 0.25) is 0 Å². The Labute approximate surface area is 173 Å². The summed E-state index contributed by atoms with van der Waals surface area (Å²) in [5, 5.41) is 12.6. The van der Waals surface area contributed by atoms with Gasteiger partial charge in [0.05, 0.1) is 13.1 Å². The molecule has 0 bridgehead atoms. The van der Waals surface area contributed by atoms with E-state index in [1.807, 2.05) is 35.7 Å². The van der Waals surface area contributed by atoms with E-state index in [9.17, 15) is 13.6 Å². The van der Waals surface area contributed by atoms with Gasteiger partial charge in [-0.3, -0.25) is 9.67 Å². The molecule has 11 heteroatoms. The van der Waals surface area contributed by atoms with E-state index in [0.717, 1.165) is 26.2 Å². The molecule has 0 saturated carbocycles.